The predicted molar refractivity (Wildman–Crippen MR) is 89.1 cm³/mol. The number of amides is 1. The number of aryl methyl sites for hydroxylation is 1. The van der Waals surface area contributed by atoms with E-state index in [0.717, 1.165) is 24.2 Å². The lowest BCUT2D eigenvalue weighted by molar-refractivity contribution is -0.121. The zero-order valence-electron chi connectivity index (χ0n) is 13.2. The maximum atomic E-state index is 12.1. The first-order valence-corrected chi connectivity index (χ1v) is 7.64. The normalized spacial score (nSPS) is 11.7. The Morgan fingerprint density at radius 2 is 1.77 bits per heavy atom. The summed E-state index contributed by atoms with van der Waals surface area (Å²) in [6.45, 7) is 2.04. The average Bonchev–Trinajstić information content (AvgIpc) is 2.54. The van der Waals surface area contributed by atoms with E-state index < -0.39 is 0 Å². The second-order valence-corrected chi connectivity index (χ2v) is 5.48. The lowest BCUT2D eigenvalue weighted by Crippen LogP contribution is -2.34. The van der Waals surface area contributed by atoms with Crippen molar-refractivity contribution in [2.75, 3.05) is 7.11 Å². The van der Waals surface area contributed by atoms with Crippen LogP contribution in [0.25, 0.3) is 0 Å². The van der Waals surface area contributed by atoms with Gasteiger partial charge in [-0.05, 0) is 31.4 Å². The van der Waals surface area contributed by atoms with Gasteiger partial charge in [0.15, 0.2) is 0 Å². The van der Waals surface area contributed by atoms with E-state index in [1.54, 1.807) is 7.11 Å². The van der Waals surface area contributed by atoms with Crippen molar-refractivity contribution in [1.82, 2.24) is 5.32 Å². The van der Waals surface area contributed by atoms with Gasteiger partial charge >= 0.3 is 0 Å². The van der Waals surface area contributed by atoms with Crippen LogP contribution in [0.5, 0.6) is 5.75 Å². The third-order valence-corrected chi connectivity index (χ3v) is 3.66. The van der Waals surface area contributed by atoms with Gasteiger partial charge in [-0.1, -0.05) is 48.5 Å². The number of carbonyl (C=O) groups is 1. The number of para-hydroxylation sites is 1. The number of ether oxygens (including phenoxy) is 1. The summed E-state index contributed by atoms with van der Waals surface area (Å²) < 4.78 is 5.28. The van der Waals surface area contributed by atoms with Crippen molar-refractivity contribution in [2.45, 2.75) is 32.2 Å². The Bertz CT molecular complexity index is 595. The van der Waals surface area contributed by atoms with Crippen LogP contribution < -0.4 is 10.1 Å². The summed E-state index contributed by atoms with van der Waals surface area (Å²) in [4.78, 5) is 12.1. The minimum absolute atomic E-state index is 0.0325. The van der Waals surface area contributed by atoms with E-state index in [9.17, 15) is 4.79 Å². The van der Waals surface area contributed by atoms with E-state index in [1.807, 2.05) is 49.4 Å². The Labute approximate surface area is 132 Å². The van der Waals surface area contributed by atoms with Crippen molar-refractivity contribution in [3.63, 3.8) is 0 Å². The topological polar surface area (TPSA) is 38.3 Å². The van der Waals surface area contributed by atoms with Gasteiger partial charge in [0.25, 0.3) is 0 Å². The molecule has 2 aromatic carbocycles. The lowest BCUT2D eigenvalue weighted by Gasteiger charge is -2.15. The number of benzene rings is 2. The summed E-state index contributed by atoms with van der Waals surface area (Å²) in [5.41, 5.74) is 2.21. The van der Waals surface area contributed by atoms with Gasteiger partial charge < -0.3 is 10.1 Å². The van der Waals surface area contributed by atoms with Crippen LogP contribution in [0.1, 0.15) is 24.5 Å². The fraction of sp³-hybridized carbons (Fsp3) is 0.316. The van der Waals surface area contributed by atoms with Gasteiger partial charge in [0.05, 0.1) is 13.5 Å². The molecule has 1 atom stereocenters. The van der Waals surface area contributed by atoms with Crippen LogP contribution in [0.15, 0.2) is 54.6 Å². The van der Waals surface area contributed by atoms with Crippen molar-refractivity contribution in [1.29, 1.82) is 0 Å². The molecule has 2 aromatic rings. The Balaban J connectivity index is 1.81. The maximum absolute atomic E-state index is 12.1. The Hall–Kier alpha value is -2.29. The molecule has 0 aromatic heterocycles. The molecule has 0 saturated carbocycles. The molecule has 3 nitrogen and oxygen atoms in total. The highest BCUT2D eigenvalue weighted by molar-refractivity contribution is 5.79. The molecule has 0 saturated heterocycles. The van der Waals surface area contributed by atoms with Crippen LogP contribution in [0.4, 0.5) is 0 Å². The number of methoxy groups -OCH3 is 1. The van der Waals surface area contributed by atoms with Crippen molar-refractivity contribution < 1.29 is 9.53 Å². The molecule has 0 aliphatic carbocycles. The number of rotatable bonds is 7. The smallest absolute Gasteiger partial charge is 0.224 e. The number of nitrogens with one attached hydrogen (secondary N) is 1. The minimum atomic E-state index is 0.0325. The first kappa shape index (κ1) is 16.1. The van der Waals surface area contributed by atoms with Crippen LogP contribution in [-0.2, 0) is 17.6 Å². The van der Waals surface area contributed by atoms with Crippen molar-refractivity contribution in [3.05, 3.63) is 65.7 Å². The standard InChI is InChI=1S/C19H23NO2/c1-15(12-13-16-8-4-3-5-9-16)20-19(21)14-17-10-6-7-11-18(17)22-2/h3-11,15H,12-14H2,1-2H3,(H,20,21). The van der Waals surface area contributed by atoms with Crippen LogP contribution in [0.2, 0.25) is 0 Å². The molecule has 0 aliphatic rings. The molecule has 22 heavy (non-hydrogen) atoms. The van der Waals surface area contributed by atoms with Gasteiger partial charge in [0, 0.05) is 11.6 Å². The summed E-state index contributed by atoms with van der Waals surface area (Å²) in [7, 11) is 1.62. The van der Waals surface area contributed by atoms with E-state index in [2.05, 4.69) is 17.4 Å². The largest absolute Gasteiger partial charge is 0.496 e. The van der Waals surface area contributed by atoms with Crippen molar-refractivity contribution in [2.24, 2.45) is 0 Å². The van der Waals surface area contributed by atoms with Gasteiger partial charge in [-0.3, -0.25) is 4.79 Å². The summed E-state index contributed by atoms with van der Waals surface area (Å²) in [5.74, 6) is 0.791. The second-order valence-electron chi connectivity index (χ2n) is 5.48. The predicted octanol–water partition coefficient (Wildman–Crippen LogP) is 3.38. The van der Waals surface area contributed by atoms with Crippen molar-refractivity contribution >= 4 is 5.91 Å². The van der Waals surface area contributed by atoms with E-state index in [-0.39, 0.29) is 11.9 Å². The first-order valence-electron chi connectivity index (χ1n) is 7.64. The second kappa shape index (κ2) is 8.23. The van der Waals surface area contributed by atoms with E-state index >= 15 is 0 Å². The SMILES string of the molecule is COc1ccccc1CC(=O)NC(C)CCc1ccccc1. The molecule has 0 fully saturated rings. The van der Waals surface area contributed by atoms with Crippen LogP contribution in [0, 0.1) is 0 Å². The van der Waals surface area contributed by atoms with E-state index in [1.165, 1.54) is 5.56 Å². The third kappa shape index (κ3) is 4.92. The summed E-state index contributed by atoms with van der Waals surface area (Å²) in [6.07, 6.45) is 2.25. The molecule has 0 radical (unpaired) electrons. The molecule has 0 spiro atoms. The molecule has 1 unspecified atom stereocenters. The lowest BCUT2D eigenvalue weighted by atomic mass is 10.1. The quantitative estimate of drug-likeness (QED) is 0.851. The van der Waals surface area contributed by atoms with Gasteiger partial charge in [-0.15, -0.1) is 0 Å². The zero-order chi connectivity index (χ0) is 15.8. The molecule has 2 rings (SSSR count). The zero-order valence-corrected chi connectivity index (χ0v) is 13.2. The van der Waals surface area contributed by atoms with Crippen molar-refractivity contribution in [3.8, 4) is 5.75 Å². The number of hydrogen-bond donors (Lipinski definition) is 1. The summed E-state index contributed by atoms with van der Waals surface area (Å²) >= 11 is 0. The van der Waals surface area contributed by atoms with E-state index in [4.69, 9.17) is 4.74 Å². The molecule has 0 bridgehead atoms. The highest BCUT2D eigenvalue weighted by Crippen LogP contribution is 2.17. The Morgan fingerprint density at radius 1 is 1.09 bits per heavy atom. The molecule has 0 heterocycles. The first-order chi connectivity index (χ1) is 10.7. The van der Waals surface area contributed by atoms with Gasteiger partial charge in [-0.2, -0.15) is 0 Å². The van der Waals surface area contributed by atoms with Crippen LogP contribution in [-0.4, -0.2) is 19.1 Å². The Kier molecular flexibility index (Phi) is 6.01. The molecule has 0 aliphatic heterocycles. The number of hydrogen-bond acceptors (Lipinski definition) is 2. The average molecular weight is 297 g/mol. The molecular weight excluding hydrogens is 274 g/mol. The maximum Gasteiger partial charge on any atom is 0.224 e. The van der Waals surface area contributed by atoms with Crippen LogP contribution in [0.3, 0.4) is 0 Å². The molecule has 3 heteroatoms. The molecule has 116 valence electrons. The fourth-order valence-corrected chi connectivity index (χ4v) is 2.45. The monoisotopic (exact) mass is 297 g/mol. The van der Waals surface area contributed by atoms with Crippen LogP contribution >= 0.6 is 0 Å². The fourth-order valence-electron chi connectivity index (χ4n) is 2.45. The summed E-state index contributed by atoms with van der Waals surface area (Å²) in [6, 6.07) is 18.1. The van der Waals surface area contributed by atoms with E-state index in [0.29, 0.717) is 6.42 Å². The Morgan fingerprint density at radius 3 is 2.50 bits per heavy atom. The van der Waals surface area contributed by atoms with Gasteiger partial charge in [0.2, 0.25) is 5.91 Å². The highest BCUT2D eigenvalue weighted by atomic mass is 16.5. The van der Waals surface area contributed by atoms with Gasteiger partial charge in [-0.25, -0.2) is 0 Å². The highest BCUT2D eigenvalue weighted by Gasteiger charge is 2.11. The number of carbonyl (C=O) groups excluding carboxylic acids is 1. The molecule has 1 amide bonds. The third-order valence-electron chi connectivity index (χ3n) is 3.66. The molecular formula is C19H23NO2. The minimum Gasteiger partial charge on any atom is -0.496 e. The van der Waals surface area contributed by atoms with Gasteiger partial charge in [0.1, 0.15) is 5.75 Å². The molecule has 1 N–H and O–H groups in total. The summed E-state index contributed by atoms with van der Waals surface area (Å²) in [5, 5.41) is 3.06.